The predicted molar refractivity (Wildman–Crippen MR) is 103 cm³/mol. The van der Waals surface area contributed by atoms with E-state index in [4.69, 9.17) is 17.0 Å². The average molecular weight is 392 g/mol. The van der Waals surface area contributed by atoms with Gasteiger partial charge in [-0.2, -0.15) is 0 Å². The molecule has 1 aliphatic heterocycles. The molecule has 27 heavy (non-hydrogen) atoms. The number of allylic oxidation sites excluding steroid dienone is 1. The lowest BCUT2D eigenvalue weighted by Crippen LogP contribution is -2.44. The number of hydrogen-bond acceptors (Lipinski definition) is 6. The van der Waals surface area contributed by atoms with E-state index in [1.807, 2.05) is 0 Å². The van der Waals surface area contributed by atoms with E-state index in [9.17, 15) is 14.0 Å². The molecule has 2 rings (SSSR count). The van der Waals surface area contributed by atoms with Crippen LogP contribution in [0.3, 0.4) is 0 Å². The van der Waals surface area contributed by atoms with Crippen LogP contribution in [0.2, 0.25) is 0 Å². The van der Waals surface area contributed by atoms with Crippen LogP contribution >= 0.6 is 12.2 Å². The molecule has 1 amide bonds. The SMILES string of the molecule is CC(C)(C)OC(=O)NCCNC(=S)C(=O)C1(c2ccc(F)cn2)C=CC=N1. The van der Waals surface area contributed by atoms with Crippen molar-refractivity contribution in [2.24, 2.45) is 4.99 Å². The summed E-state index contributed by atoms with van der Waals surface area (Å²) in [6.07, 6.45) is 5.10. The first-order valence-electron chi connectivity index (χ1n) is 8.29. The average Bonchev–Trinajstić information content (AvgIpc) is 3.08. The number of aliphatic imine (C=N–C) groups is 1. The maximum Gasteiger partial charge on any atom is 0.407 e. The Balaban J connectivity index is 1.94. The van der Waals surface area contributed by atoms with E-state index in [0.29, 0.717) is 0 Å². The number of nitrogens with zero attached hydrogens (tertiary/aromatic N) is 2. The molecule has 0 aliphatic carbocycles. The number of Topliss-reactive ketones (excluding diaryl/α,β-unsaturated/α-hetero) is 1. The van der Waals surface area contributed by atoms with Crippen molar-refractivity contribution in [2.45, 2.75) is 31.9 Å². The van der Waals surface area contributed by atoms with Crippen LogP contribution in [0.4, 0.5) is 9.18 Å². The summed E-state index contributed by atoms with van der Waals surface area (Å²) in [7, 11) is 0. The number of ether oxygens (including phenoxy) is 1. The van der Waals surface area contributed by atoms with Gasteiger partial charge in [0.1, 0.15) is 16.4 Å². The molecule has 0 saturated carbocycles. The van der Waals surface area contributed by atoms with Crippen LogP contribution in [0, 0.1) is 5.82 Å². The largest absolute Gasteiger partial charge is 0.444 e. The Morgan fingerprint density at radius 1 is 1.26 bits per heavy atom. The summed E-state index contributed by atoms with van der Waals surface area (Å²) < 4.78 is 18.3. The van der Waals surface area contributed by atoms with E-state index in [1.165, 1.54) is 18.3 Å². The highest BCUT2D eigenvalue weighted by molar-refractivity contribution is 7.82. The van der Waals surface area contributed by atoms with Gasteiger partial charge < -0.3 is 15.4 Å². The Hall–Kier alpha value is -2.68. The Labute approximate surface area is 162 Å². The summed E-state index contributed by atoms with van der Waals surface area (Å²) in [6, 6.07) is 2.60. The monoisotopic (exact) mass is 392 g/mol. The Kier molecular flexibility index (Phi) is 6.37. The Morgan fingerprint density at radius 2 is 1.96 bits per heavy atom. The van der Waals surface area contributed by atoms with Crippen LogP contribution in [-0.4, -0.2) is 46.8 Å². The maximum atomic E-state index is 13.1. The minimum atomic E-state index is -1.41. The number of amides is 1. The fourth-order valence-corrected chi connectivity index (χ4v) is 2.56. The molecule has 1 aromatic heterocycles. The number of thiocarbonyl (C=S) groups is 1. The van der Waals surface area contributed by atoms with Crippen molar-refractivity contribution in [3.05, 3.63) is 42.0 Å². The smallest absolute Gasteiger partial charge is 0.407 e. The molecule has 2 N–H and O–H groups in total. The lowest BCUT2D eigenvalue weighted by molar-refractivity contribution is -0.116. The van der Waals surface area contributed by atoms with Gasteiger partial charge in [-0.15, -0.1) is 0 Å². The molecule has 1 aliphatic rings. The van der Waals surface area contributed by atoms with Gasteiger partial charge >= 0.3 is 6.09 Å². The van der Waals surface area contributed by atoms with Gasteiger partial charge in [-0.1, -0.05) is 12.2 Å². The van der Waals surface area contributed by atoms with Crippen molar-refractivity contribution in [3.63, 3.8) is 0 Å². The fourth-order valence-electron chi connectivity index (χ4n) is 2.30. The molecule has 1 unspecified atom stereocenters. The first-order valence-corrected chi connectivity index (χ1v) is 8.69. The third kappa shape index (κ3) is 5.40. The number of carbonyl (C=O) groups excluding carboxylic acids is 2. The lowest BCUT2D eigenvalue weighted by atomic mass is 9.90. The third-order valence-corrected chi connectivity index (χ3v) is 3.78. The highest BCUT2D eigenvalue weighted by Gasteiger charge is 2.42. The van der Waals surface area contributed by atoms with E-state index in [-0.39, 0.29) is 23.8 Å². The maximum absolute atomic E-state index is 13.1. The molecule has 0 spiro atoms. The fraction of sp³-hybridized carbons (Fsp3) is 0.389. The third-order valence-electron chi connectivity index (χ3n) is 3.45. The lowest BCUT2D eigenvalue weighted by Gasteiger charge is -2.23. The molecule has 0 radical (unpaired) electrons. The zero-order chi connectivity index (χ0) is 20.1. The summed E-state index contributed by atoms with van der Waals surface area (Å²) in [5.74, 6) is -1.000. The molecular formula is C18H21FN4O3S. The number of nitrogens with one attached hydrogen (secondary N) is 2. The van der Waals surface area contributed by atoms with Crippen molar-refractivity contribution in [3.8, 4) is 0 Å². The van der Waals surface area contributed by atoms with Crippen molar-refractivity contribution in [1.29, 1.82) is 0 Å². The number of hydrogen-bond donors (Lipinski definition) is 2. The van der Waals surface area contributed by atoms with Crippen LogP contribution in [0.25, 0.3) is 0 Å². The van der Waals surface area contributed by atoms with Gasteiger partial charge in [0.25, 0.3) is 0 Å². The number of ketones is 1. The molecule has 1 aromatic rings. The number of alkyl carbamates (subject to hydrolysis) is 1. The minimum Gasteiger partial charge on any atom is -0.444 e. The topological polar surface area (TPSA) is 92.7 Å². The van der Waals surface area contributed by atoms with E-state index in [0.717, 1.165) is 6.20 Å². The van der Waals surface area contributed by atoms with Gasteiger partial charge in [0.15, 0.2) is 5.54 Å². The summed E-state index contributed by atoms with van der Waals surface area (Å²) >= 11 is 5.16. The summed E-state index contributed by atoms with van der Waals surface area (Å²) in [4.78, 5) is 32.5. The number of aromatic nitrogens is 1. The zero-order valence-corrected chi connectivity index (χ0v) is 16.1. The number of halogens is 1. The molecular weight excluding hydrogens is 371 g/mol. The van der Waals surface area contributed by atoms with Crippen molar-refractivity contribution < 1.29 is 18.7 Å². The van der Waals surface area contributed by atoms with Gasteiger partial charge in [0.05, 0.1) is 11.9 Å². The van der Waals surface area contributed by atoms with Gasteiger partial charge in [-0.25, -0.2) is 9.18 Å². The molecule has 0 fully saturated rings. The second-order valence-corrected chi connectivity index (χ2v) is 7.19. The van der Waals surface area contributed by atoms with Crippen molar-refractivity contribution >= 4 is 35.3 Å². The molecule has 0 bridgehead atoms. The van der Waals surface area contributed by atoms with Crippen LogP contribution in [0.1, 0.15) is 26.5 Å². The first kappa shape index (κ1) is 20.6. The van der Waals surface area contributed by atoms with Crippen LogP contribution in [-0.2, 0) is 15.1 Å². The summed E-state index contributed by atoms with van der Waals surface area (Å²) in [5.41, 5.74) is -1.73. The highest BCUT2D eigenvalue weighted by Crippen LogP contribution is 2.30. The second-order valence-electron chi connectivity index (χ2n) is 6.78. The summed E-state index contributed by atoms with van der Waals surface area (Å²) in [6.45, 7) is 5.72. The molecule has 0 aromatic carbocycles. The Bertz CT molecular complexity index is 773. The van der Waals surface area contributed by atoms with E-state index in [2.05, 4.69) is 20.6 Å². The molecule has 1 atom stereocenters. The highest BCUT2D eigenvalue weighted by atomic mass is 32.1. The zero-order valence-electron chi connectivity index (χ0n) is 15.3. The number of carbonyl (C=O) groups is 2. The van der Waals surface area contributed by atoms with E-state index < -0.39 is 28.8 Å². The summed E-state index contributed by atoms with van der Waals surface area (Å²) in [5, 5.41) is 5.34. The van der Waals surface area contributed by atoms with Crippen molar-refractivity contribution in [1.82, 2.24) is 15.6 Å². The van der Waals surface area contributed by atoms with Crippen LogP contribution < -0.4 is 10.6 Å². The van der Waals surface area contributed by atoms with Crippen LogP contribution in [0.5, 0.6) is 0 Å². The quantitative estimate of drug-likeness (QED) is 0.569. The molecule has 2 heterocycles. The van der Waals surface area contributed by atoms with Gasteiger partial charge in [-0.3, -0.25) is 14.8 Å². The Morgan fingerprint density at radius 3 is 2.52 bits per heavy atom. The molecule has 7 nitrogen and oxygen atoms in total. The van der Waals surface area contributed by atoms with E-state index >= 15 is 0 Å². The normalized spacial score (nSPS) is 18.2. The van der Waals surface area contributed by atoms with Crippen molar-refractivity contribution in [2.75, 3.05) is 13.1 Å². The van der Waals surface area contributed by atoms with Gasteiger partial charge in [0.2, 0.25) is 5.78 Å². The molecule has 0 saturated heterocycles. The van der Waals surface area contributed by atoms with E-state index in [1.54, 1.807) is 32.9 Å². The van der Waals surface area contributed by atoms with Gasteiger partial charge in [-0.05, 0) is 45.1 Å². The number of pyridine rings is 1. The second kappa shape index (κ2) is 8.34. The standard InChI is InChI=1S/C18H21FN4O3S/c1-17(2,3)26-16(25)21-10-9-20-15(27)14(24)18(7-4-8-23-18)13-6-5-12(19)11-22-13/h4-8,11H,9-10H2,1-3H3,(H,20,27)(H,21,25). The minimum absolute atomic E-state index is 0.0594. The predicted octanol–water partition coefficient (Wildman–Crippen LogP) is 2.07. The van der Waals surface area contributed by atoms with Gasteiger partial charge in [0, 0.05) is 19.3 Å². The van der Waals surface area contributed by atoms with Crippen LogP contribution in [0.15, 0.2) is 35.5 Å². The molecule has 144 valence electrons. The number of rotatable bonds is 6. The first-order chi connectivity index (χ1) is 12.6. The molecule has 9 heteroatoms.